The van der Waals surface area contributed by atoms with E-state index in [9.17, 15) is 9.59 Å². The zero-order valence-corrected chi connectivity index (χ0v) is 21.9. The summed E-state index contributed by atoms with van der Waals surface area (Å²) >= 11 is 12.6. The van der Waals surface area contributed by atoms with Gasteiger partial charge in [-0.2, -0.15) is 0 Å². The number of amides is 2. The number of piperidine rings is 1. The standard InChI is InChI=1S/C28H33Cl2N3O3/c29-23-9-8-22(18-24(23)30)28(19-33(16-17-36-28)25(34)20-6-7-20)12-15-32-13-10-27(11-14-32,26(31)35)21-4-2-1-3-5-21/h1-5,8-9,18,20H,6-7,10-17,19H2,(H2,31,35)/t28-/m0/s1. The predicted octanol–water partition coefficient (Wildman–Crippen LogP) is 4.37. The Morgan fingerprint density at radius 1 is 0.972 bits per heavy atom. The van der Waals surface area contributed by atoms with E-state index < -0.39 is 11.0 Å². The Labute approximate surface area is 222 Å². The molecule has 3 aliphatic rings. The first-order valence-corrected chi connectivity index (χ1v) is 13.5. The molecular formula is C28H33Cl2N3O3. The molecule has 0 unspecified atom stereocenters. The number of morpholine rings is 1. The Kier molecular flexibility index (Phi) is 7.32. The van der Waals surface area contributed by atoms with Crippen LogP contribution in [0.1, 0.15) is 43.2 Å². The largest absolute Gasteiger partial charge is 0.369 e. The molecule has 192 valence electrons. The van der Waals surface area contributed by atoms with Crippen LogP contribution in [0.25, 0.3) is 0 Å². The van der Waals surface area contributed by atoms with E-state index in [2.05, 4.69) is 4.90 Å². The lowest BCUT2D eigenvalue weighted by atomic mass is 9.72. The number of hydrogen-bond donors (Lipinski definition) is 1. The summed E-state index contributed by atoms with van der Waals surface area (Å²) in [6, 6.07) is 15.5. The van der Waals surface area contributed by atoms with Crippen LogP contribution in [0.5, 0.6) is 0 Å². The maximum absolute atomic E-state index is 12.9. The minimum atomic E-state index is -0.658. The smallest absolute Gasteiger partial charge is 0.228 e. The van der Waals surface area contributed by atoms with E-state index in [0.29, 0.717) is 49.0 Å². The van der Waals surface area contributed by atoms with Crippen molar-refractivity contribution in [3.8, 4) is 0 Å². The van der Waals surface area contributed by atoms with Crippen LogP contribution in [0.15, 0.2) is 48.5 Å². The third kappa shape index (κ3) is 5.01. The number of nitrogens with zero attached hydrogens (tertiary/aromatic N) is 2. The fourth-order valence-corrected chi connectivity index (χ4v) is 6.04. The van der Waals surface area contributed by atoms with Crippen LogP contribution in [0, 0.1) is 5.92 Å². The van der Waals surface area contributed by atoms with Crippen LogP contribution in [-0.2, 0) is 25.3 Å². The second-order valence-corrected chi connectivity index (χ2v) is 11.2. The van der Waals surface area contributed by atoms with Gasteiger partial charge in [0.15, 0.2) is 0 Å². The number of ether oxygens (including phenoxy) is 1. The molecule has 2 amide bonds. The van der Waals surface area contributed by atoms with Gasteiger partial charge in [-0.05, 0) is 68.5 Å². The first-order chi connectivity index (χ1) is 17.3. The molecule has 6 nitrogen and oxygen atoms in total. The van der Waals surface area contributed by atoms with Gasteiger partial charge in [-0.3, -0.25) is 9.59 Å². The van der Waals surface area contributed by atoms with E-state index in [0.717, 1.165) is 43.6 Å². The van der Waals surface area contributed by atoms with Gasteiger partial charge in [-0.1, -0.05) is 59.6 Å². The highest BCUT2D eigenvalue weighted by Gasteiger charge is 2.45. The van der Waals surface area contributed by atoms with Crippen LogP contribution in [0.2, 0.25) is 10.0 Å². The van der Waals surface area contributed by atoms with Crippen LogP contribution in [0.3, 0.4) is 0 Å². The van der Waals surface area contributed by atoms with E-state index in [1.165, 1.54) is 0 Å². The van der Waals surface area contributed by atoms with Gasteiger partial charge in [0.1, 0.15) is 5.60 Å². The second-order valence-electron chi connectivity index (χ2n) is 10.4. The molecule has 3 fully saturated rings. The molecule has 1 aliphatic carbocycles. The molecule has 2 N–H and O–H groups in total. The van der Waals surface area contributed by atoms with E-state index >= 15 is 0 Å². The lowest BCUT2D eigenvalue weighted by Crippen LogP contribution is -2.54. The molecule has 2 aromatic carbocycles. The van der Waals surface area contributed by atoms with Crippen molar-refractivity contribution in [1.82, 2.24) is 9.80 Å². The molecule has 1 saturated carbocycles. The van der Waals surface area contributed by atoms with Crippen LogP contribution in [0.4, 0.5) is 0 Å². The van der Waals surface area contributed by atoms with E-state index in [-0.39, 0.29) is 17.7 Å². The molecule has 36 heavy (non-hydrogen) atoms. The van der Waals surface area contributed by atoms with Gasteiger partial charge < -0.3 is 20.3 Å². The molecule has 0 radical (unpaired) electrons. The van der Waals surface area contributed by atoms with Gasteiger partial charge in [0.25, 0.3) is 0 Å². The molecule has 5 rings (SSSR count). The van der Waals surface area contributed by atoms with Gasteiger partial charge in [0.05, 0.1) is 28.6 Å². The molecule has 0 spiro atoms. The summed E-state index contributed by atoms with van der Waals surface area (Å²) in [5.41, 5.74) is 6.58. The topological polar surface area (TPSA) is 75.9 Å². The first kappa shape index (κ1) is 25.5. The van der Waals surface area contributed by atoms with Gasteiger partial charge in [0, 0.05) is 19.0 Å². The number of likely N-dealkylation sites (tertiary alicyclic amines) is 1. The fraction of sp³-hybridized carbons (Fsp3) is 0.500. The summed E-state index contributed by atoms with van der Waals surface area (Å²) in [6.07, 6.45) is 4.02. The number of carbonyl (C=O) groups is 2. The van der Waals surface area contributed by atoms with E-state index in [1.807, 2.05) is 47.4 Å². The highest BCUT2D eigenvalue weighted by Crippen LogP contribution is 2.40. The molecule has 2 heterocycles. The number of benzene rings is 2. The van der Waals surface area contributed by atoms with Crippen molar-refractivity contribution in [2.75, 3.05) is 39.3 Å². The summed E-state index contributed by atoms with van der Waals surface area (Å²) in [7, 11) is 0. The predicted molar refractivity (Wildman–Crippen MR) is 141 cm³/mol. The average Bonchev–Trinajstić information content (AvgIpc) is 3.75. The third-order valence-electron chi connectivity index (χ3n) is 8.21. The number of primary amides is 1. The highest BCUT2D eigenvalue weighted by molar-refractivity contribution is 6.42. The molecule has 2 saturated heterocycles. The Bertz CT molecular complexity index is 1120. The number of nitrogens with two attached hydrogens (primary N) is 1. The number of rotatable bonds is 7. The maximum Gasteiger partial charge on any atom is 0.228 e. The highest BCUT2D eigenvalue weighted by atomic mass is 35.5. The van der Waals surface area contributed by atoms with Gasteiger partial charge in [-0.15, -0.1) is 0 Å². The van der Waals surface area contributed by atoms with Gasteiger partial charge in [0.2, 0.25) is 11.8 Å². The second kappa shape index (κ2) is 10.3. The minimum absolute atomic E-state index is 0.164. The molecule has 8 heteroatoms. The summed E-state index contributed by atoms with van der Waals surface area (Å²) in [4.78, 5) is 29.8. The van der Waals surface area contributed by atoms with Crippen molar-refractivity contribution >= 4 is 35.0 Å². The number of halogens is 2. The molecule has 2 aliphatic heterocycles. The SMILES string of the molecule is NC(=O)C1(c2ccccc2)CCN(CC[C@@]2(c3ccc(Cl)c(Cl)c3)CN(C(=O)C3CC3)CCO2)CC1. The van der Waals surface area contributed by atoms with Crippen LogP contribution >= 0.6 is 23.2 Å². The van der Waals surface area contributed by atoms with Crippen molar-refractivity contribution in [1.29, 1.82) is 0 Å². The summed E-state index contributed by atoms with van der Waals surface area (Å²) in [5, 5.41) is 0.979. The van der Waals surface area contributed by atoms with E-state index in [1.54, 1.807) is 6.07 Å². The quantitative estimate of drug-likeness (QED) is 0.577. The molecule has 0 bridgehead atoms. The Morgan fingerprint density at radius 3 is 2.33 bits per heavy atom. The van der Waals surface area contributed by atoms with Gasteiger partial charge >= 0.3 is 0 Å². The van der Waals surface area contributed by atoms with Crippen molar-refractivity contribution < 1.29 is 14.3 Å². The maximum atomic E-state index is 12.9. The normalized spacial score (nSPS) is 24.4. The molecule has 1 atom stereocenters. The Hall–Kier alpha value is -2.12. The van der Waals surface area contributed by atoms with Crippen LogP contribution < -0.4 is 5.73 Å². The zero-order valence-electron chi connectivity index (χ0n) is 20.4. The summed E-state index contributed by atoms with van der Waals surface area (Å²) < 4.78 is 6.47. The summed E-state index contributed by atoms with van der Waals surface area (Å²) in [6.45, 7) is 3.90. The Morgan fingerprint density at radius 2 is 1.69 bits per heavy atom. The summed E-state index contributed by atoms with van der Waals surface area (Å²) in [5.74, 6) is 0.136. The molecule has 2 aromatic rings. The molecular weight excluding hydrogens is 497 g/mol. The lowest BCUT2D eigenvalue weighted by molar-refractivity contribution is -0.156. The first-order valence-electron chi connectivity index (χ1n) is 12.8. The van der Waals surface area contributed by atoms with Gasteiger partial charge in [-0.25, -0.2) is 0 Å². The number of hydrogen-bond acceptors (Lipinski definition) is 4. The monoisotopic (exact) mass is 529 g/mol. The number of carbonyl (C=O) groups excluding carboxylic acids is 2. The van der Waals surface area contributed by atoms with Crippen molar-refractivity contribution in [3.63, 3.8) is 0 Å². The third-order valence-corrected chi connectivity index (χ3v) is 8.95. The lowest BCUT2D eigenvalue weighted by Gasteiger charge is -2.45. The Balaban J connectivity index is 1.32. The van der Waals surface area contributed by atoms with Crippen LogP contribution in [-0.4, -0.2) is 60.9 Å². The zero-order chi connectivity index (χ0) is 25.3. The van der Waals surface area contributed by atoms with Crippen molar-refractivity contribution in [2.45, 2.75) is 43.1 Å². The average molecular weight is 530 g/mol. The van der Waals surface area contributed by atoms with Crippen molar-refractivity contribution in [3.05, 3.63) is 69.7 Å². The minimum Gasteiger partial charge on any atom is -0.369 e. The van der Waals surface area contributed by atoms with Crippen molar-refractivity contribution in [2.24, 2.45) is 11.7 Å². The van der Waals surface area contributed by atoms with E-state index in [4.69, 9.17) is 33.7 Å². The fourth-order valence-electron chi connectivity index (χ4n) is 5.74. The molecule has 0 aromatic heterocycles.